The summed E-state index contributed by atoms with van der Waals surface area (Å²) in [5.41, 5.74) is 0. The molecule has 1 rings (SSSR count). The first-order valence-corrected chi connectivity index (χ1v) is 5.16. The fraction of sp³-hybridized carbons (Fsp3) is 1.00. The molecule has 72 valence electrons. The average Bonchev–Trinajstić information content (AvgIpc) is 2.15. The summed E-state index contributed by atoms with van der Waals surface area (Å²) < 4.78 is 5.37. The van der Waals surface area contributed by atoms with Gasteiger partial charge in [-0.25, -0.2) is 0 Å². The van der Waals surface area contributed by atoms with Crippen molar-refractivity contribution in [2.45, 2.75) is 33.1 Å². The van der Waals surface area contributed by atoms with Crippen molar-refractivity contribution >= 4 is 0 Å². The van der Waals surface area contributed by atoms with Crippen molar-refractivity contribution in [1.29, 1.82) is 0 Å². The number of likely N-dealkylation sites (tertiary alicyclic amines) is 1. The van der Waals surface area contributed by atoms with Crippen LogP contribution in [0.1, 0.15) is 33.1 Å². The second-order valence-electron chi connectivity index (χ2n) is 3.59. The Bertz CT molecular complexity index is 108. The van der Waals surface area contributed by atoms with E-state index in [0.717, 1.165) is 19.3 Å². The minimum absolute atomic E-state index is 0.840. The van der Waals surface area contributed by atoms with Crippen LogP contribution in [0.4, 0.5) is 0 Å². The van der Waals surface area contributed by atoms with E-state index < -0.39 is 0 Å². The Morgan fingerprint density at radius 1 is 1.25 bits per heavy atom. The molecule has 0 N–H and O–H groups in total. The smallest absolute Gasteiger partial charge is 0.0990 e. The lowest BCUT2D eigenvalue weighted by Gasteiger charge is -2.30. The van der Waals surface area contributed by atoms with Gasteiger partial charge in [-0.3, -0.25) is 4.90 Å². The Balaban J connectivity index is 2.09. The van der Waals surface area contributed by atoms with Gasteiger partial charge in [0.1, 0.15) is 0 Å². The maximum Gasteiger partial charge on any atom is 0.0990 e. The van der Waals surface area contributed by atoms with Gasteiger partial charge in [-0.15, -0.1) is 0 Å². The molecular weight excluding hydrogens is 150 g/mol. The molecule has 0 amide bonds. The molecule has 0 aromatic carbocycles. The molecule has 0 spiro atoms. The van der Waals surface area contributed by atoms with Crippen molar-refractivity contribution < 1.29 is 4.74 Å². The highest BCUT2D eigenvalue weighted by Gasteiger charge is 2.16. The molecule has 2 nitrogen and oxygen atoms in total. The van der Waals surface area contributed by atoms with Gasteiger partial charge >= 0.3 is 0 Å². The highest BCUT2D eigenvalue weighted by atomic mass is 16.5. The van der Waals surface area contributed by atoms with E-state index in [-0.39, 0.29) is 0 Å². The van der Waals surface area contributed by atoms with Crippen molar-refractivity contribution in [3.05, 3.63) is 0 Å². The first kappa shape index (κ1) is 10.0. The van der Waals surface area contributed by atoms with E-state index in [2.05, 4.69) is 18.7 Å². The topological polar surface area (TPSA) is 12.5 Å². The van der Waals surface area contributed by atoms with E-state index in [9.17, 15) is 0 Å². The first-order valence-electron chi connectivity index (χ1n) is 5.16. The molecule has 1 aliphatic rings. The summed E-state index contributed by atoms with van der Waals surface area (Å²) in [5.74, 6) is 0.975. The lowest BCUT2D eigenvalue weighted by Crippen LogP contribution is -2.35. The van der Waals surface area contributed by atoms with Gasteiger partial charge in [0.05, 0.1) is 6.73 Å². The van der Waals surface area contributed by atoms with Crippen LogP contribution in [-0.2, 0) is 4.74 Å². The van der Waals surface area contributed by atoms with Crippen LogP contribution in [0.3, 0.4) is 0 Å². The van der Waals surface area contributed by atoms with Crippen molar-refractivity contribution in [1.82, 2.24) is 4.90 Å². The highest BCUT2D eigenvalue weighted by molar-refractivity contribution is 4.69. The van der Waals surface area contributed by atoms with Gasteiger partial charge in [0, 0.05) is 19.7 Å². The van der Waals surface area contributed by atoms with E-state index in [4.69, 9.17) is 4.74 Å². The van der Waals surface area contributed by atoms with Crippen molar-refractivity contribution in [3.8, 4) is 0 Å². The molecule has 0 aromatic heterocycles. The third kappa shape index (κ3) is 3.11. The molecule has 0 unspecified atom stereocenters. The summed E-state index contributed by atoms with van der Waals surface area (Å²) >= 11 is 0. The average molecular weight is 171 g/mol. The van der Waals surface area contributed by atoms with Gasteiger partial charge < -0.3 is 4.74 Å². The zero-order valence-electron chi connectivity index (χ0n) is 8.38. The number of hydrogen-bond donors (Lipinski definition) is 0. The Morgan fingerprint density at radius 3 is 2.42 bits per heavy atom. The van der Waals surface area contributed by atoms with E-state index in [1.807, 2.05) is 0 Å². The molecule has 1 aliphatic heterocycles. The van der Waals surface area contributed by atoms with Gasteiger partial charge in [0.2, 0.25) is 0 Å². The summed E-state index contributed by atoms with van der Waals surface area (Å²) in [6.45, 7) is 8.50. The highest BCUT2D eigenvalue weighted by Crippen LogP contribution is 2.19. The molecule has 0 atom stereocenters. The second kappa shape index (κ2) is 5.55. The van der Waals surface area contributed by atoms with Gasteiger partial charge in [0.25, 0.3) is 0 Å². The summed E-state index contributed by atoms with van der Waals surface area (Å²) in [6, 6.07) is 0. The number of hydrogen-bond acceptors (Lipinski definition) is 2. The molecule has 1 saturated heterocycles. The molecule has 12 heavy (non-hydrogen) atoms. The van der Waals surface area contributed by atoms with Crippen molar-refractivity contribution in [3.63, 3.8) is 0 Å². The van der Waals surface area contributed by atoms with Crippen molar-refractivity contribution in [2.24, 2.45) is 5.92 Å². The molecule has 0 saturated carbocycles. The number of nitrogens with zero attached hydrogens (tertiary/aromatic N) is 1. The van der Waals surface area contributed by atoms with E-state index in [1.165, 1.54) is 32.4 Å². The Kier molecular flexibility index (Phi) is 4.62. The van der Waals surface area contributed by atoms with Crippen LogP contribution in [0.5, 0.6) is 0 Å². The van der Waals surface area contributed by atoms with Crippen LogP contribution < -0.4 is 0 Å². The summed E-state index contributed by atoms with van der Waals surface area (Å²) in [7, 11) is 0. The lowest BCUT2D eigenvalue weighted by molar-refractivity contribution is 0.0163. The first-order chi connectivity index (χ1) is 5.86. The number of piperidine rings is 1. The van der Waals surface area contributed by atoms with Crippen LogP contribution in [-0.4, -0.2) is 31.3 Å². The second-order valence-corrected chi connectivity index (χ2v) is 3.59. The minimum Gasteiger partial charge on any atom is -0.366 e. The minimum atomic E-state index is 0.840. The molecule has 0 aromatic rings. The maximum atomic E-state index is 5.37. The summed E-state index contributed by atoms with van der Waals surface area (Å²) in [5, 5.41) is 0. The summed E-state index contributed by atoms with van der Waals surface area (Å²) in [6.07, 6.45) is 4.08. The molecule has 0 radical (unpaired) electrons. The molecule has 2 heteroatoms. The largest absolute Gasteiger partial charge is 0.366 e. The third-order valence-corrected chi connectivity index (χ3v) is 2.76. The Labute approximate surface area is 75.9 Å². The van der Waals surface area contributed by atoms with Crippen LogP contribution in [0.2, 0.25) is 0 Å². The quantitative estimate of drug-likeness (QED) is 0.642. The molecule has 0 aliphatic carbocycles. The van der Waals surface area contributed by atoms with E-state index in [0.29, 0.717) is 0 Å². The molecule has 1 fully saturated rings. The van der Waals surface area contributed by atoms with Crippen LogP contribution in [0, 0.1) is 5.92 Å². The maximum absolute atomic E-state index is 5.37. The standard InChI is InChI=1S/C10H21NO/c1-3-10-5-7-11(8-6-10)9-12-4-2/h10H,3-9H2,1-2H3. The Hall–Kier alpha value is -0.0800. The zero-order valence-corrected chi connectivity index (χ0v) is 8.38. The normalized spacial score (nSPS) is 21.5. The molecular formula is C10H21NO. The fourth-order valence-electron chi connectivity index (χ4n) is 1.74. The lowest BCUT2D eigenvalue weighted by atomic mass is 9.95. The van der Waals surface area contributed by atoms with Crippen LogP contribution in [0.15, 0.2) is 0 Å². The van der Waals surface area contributed by atoms with Gasteiger partial charge in [-0.05, 0) is 25.7 Å². The number of ether oxygens (including phenoxy) is 1. The van der Waals surface area contributed by atoms with Gasteiger partial charge in [0.15, 0.2) is 0 Å². The SMILES string of the molecule is CCOCN1CCC(CC)CC1. The van der Waals surface area contributed by atoms with Crippen LogP contribution in [0.25, 0.3) is 0 Å². The molecule has 1 heterocycles. The van der Waals surface area contributed by atoms with Gasteiger partial charge in [-0.2, -0.15) is 0 Å². The van der Waals surface area contributed by atoms with Crippen molar-refractivity contribution in [2.75, 3.05) is 26.4 Å². The predicted octanol–water partition coefficient (Wildman–Crippen LogP) is 2.10. The van der Waals surface area contributed by atoms with E-state index >= 15 is 0 Å². The van der Waals surface area contributed by atoms with Crippen LogP contribution >= 0.6 is 0 Å². The fourth-order valence-corrected chi connectivity index (χ4v) is 1.74. The monoisotopic (exact) mass is 171 g/mol. The Morgan fingerprint density at radius 2 is 1.92 bits per heavy atom. The third-order valence-electron chi connectivity index (χ3n) is 2.76. The zero-order chi connectivity index (χ0) is 8.81. The number of rotatable bonds is 4. The van der Waals surface area contributed by atoms with E-state index in [1.54, 1.807) is 0 Å². The predicted molar refractivity (Wildman–Crippen MR) is 51.1 cm³/mol. The molecule has 0 bridgehead atoms. The van der Waals surface area contributed by atoms with Gasteiger partial charge in [-0.1, -0.05) is 13.3 Å². The summed E-state index contributed by atoms with van der Waals surface area (Å²) in [4.78, 5) is 2.41.